The molecule has 0 amide bonds. The predicted octanol–water partition coefficient (Wildman–Crippen LogP) is -0.0531. The van der Waals surface area contributed by atoms with Gasteiger partial charge in [-0.1, -0.05) is 19.1 Å². The van der Waals surface area contributed by atoms with Crippen LogP contribution in [0.4, 0.5) is 0 Å². The molecule has 19 heavy (non-hydrogen) atoms. The summed E-state index contributed by atoms with van der Waals surface area (Å²) in [5.74, 6) is 1.31. The number of benzene rings is 1. The van der Waals surface area contributed by atoms with Gasteiger partial charge in [0, 0.05) is 6.54 Å². The number of ether oxygens (including phenoxy) is 1. The van der Waals surface area contributed by atoms with E-state index in [9.17, 15) is 0 Å². The van der Waals surface area contributed by atoms with Crippen LogP contribution in [0, 0.1) is 0 Å². The third kappa shape index (κ3) is 3.55. The highest BCUT2D eigenvalue weighted by Crippen LogP contribution is 2.10. The van der Waals surface area contributed by atoms with E-state index in [4.69, 9.17) is 14.8 Å². The number of hydrogen-bond acceptors (Lipinski definition) is 5. The average molecular weight is 261 g/mol. The topological polar surface area (TPSA) is 80.4 Å². The predicted molar refractivity (Wildman–Crippen MR) is 70.9 cm³/mol. The highest BCUT2D eigenvalue weighted by atomic mass is 16.5. The van der Waals surface area contributed by atoms with Crippen molar-refractivity contribution in [2.45, 2.75) is 26.5 Å². The van der Waals surface area contributed by atoms with Crippen molar-refractivity contribution in [1.82, 2.24) is 14.8 Å². The molecule has 0 aliphatic heterocycles. The Balaban J connectivity index is 2.02. The molecule has 7 heteroatoms. The number of aromatic nitrogens is 3. The second-order valence-electron chi connectivity index (χ2n) is 4.13. The van der Waals surface area contributed by atoms with Gasteiger partial charge in [0.25, 0.3) is 0 Å². The van der Waals surface area contributed by atoms with Crippen molar-refractivity contribution in [3.63, 3.8) is 0 Å². The van der Waals surface area contributed by atoms with Gasteiger partial charge in [-0.05, 0) is 24.0 Å². The molecule has 0 saturated carbocycles. The molecule has 100 valence electrons. The average Bonchev–Trinajstić information content (AvgIpc) is 2.85. The van der Waals surface area contributed by atoms with Crippen LogP contribution in [0.5, 0.6) is 5.75 Å². The smallest absolute Gasteiger partial charge is 0.486 e. The largest absolute Gasteiger partial charge is 0.488 e. The van der Waals surface area contributed by atoms with E-state index >= 15 is 0 Å². The second kappa shape index (κ2) is 6.35. The normalized spacial score (nSPS) is 10.5. The fraction of sp³-hybridized carbons (Fsp3) is 0.333. The van der Waals surface area contributed by atoms with Crippen LogP contribution < -0.4 is 10.2 Å². The minimum absolute atomic E-state index is 0.297. The zero-order valence-corrected chi connectivity index (χ0v) is 10.7. The molecule has 2 rings (SSSR count). The summed E-state index contributed by atoms with van der Waals surface area (Å²) in [6.45, 7) is 3.16. The summed E-state index contributed by atoms with van der Waals surface area (Å²) in [5, 5.41) is 22.3. The van der Waals surface area contributed by atoms with Crippen LogP contribution in [-0.2, 0) is 13.2 Å². The lowest BCUT2D eigenvalue weighted by atomic mass is 9.80. The first-order valence-electron chi connectivity index (χ1n) is 6.16. The van der Waals surface area contributed by atoms with Crippen LogP contribution in [0.3, 0.4) is 0 Å². The third-order valence-corrected chi connectivity index (χ3v) is 2.66. The molecule has 2 aromatic rings. The molecule has 0 spiro atoms. The van der Waals surface area contributed by atoms with E-state index in [1.165, 1.54) is 6.33 Å². The van der Waals surface area contributed by atoms with Gasteiger partial charge in [0.15, 0.2) is 5.82 Å². The Bertz CT molecular complexity index is 530. The molecule has 1 aromatic carbocycles. The lowest BCUT2D eigenvalue weighted by Crippen LogP contribution is -2.29. The first kappa shape index (κ1) is 13.6. The van der Waals surface area contributed by atoms with Crippen molar-refractivity contribution in [2.24, 2.45) is 0 Å². The lowest BCUT2D eigenvalue weighted by molar-refractivity contribution is 0.286. The van der Waals surface area contributed by atoms with Gasteiger partial charge in [-0.15, -0.1) is 0 Å². The quantitative estimate of drug-likeness (QED) is 0.712. The first-order chi connectivity index (χ1) is 9.20. The standard InChI is InChI=1S/C12H16BN3O3/c1-2-6-16-12(14-9-15-16)8-19-11-5-3-4-10(7-11)13(17)18/h3-5,7,9,17-18H,2,6,8H2,1H3. The monoisotopic (exact) mass is 261 g/mol. The SMILES string of the molecule is CCCn1ncnc1COc1cccc(B(O)O)c1. The van der Waals surface area contributed by atoms with Crippen LogP contribution >= 0.6 is 0 Å². The van der Waals surface area contributed by atoms with Crippen LogP contribution in [0.2, 0.25) is 0 Å². The molecule has 1 aromatic heterocycles. The molecular weight excluding hydrogens is 245 g/mol. The summed E-state index contributed by atoms with van der Waals surface area (Å²) in [6, 6.07) is 6.68. The Morgan fingerprint density at radius 2 is 2.21 bits per heavy atom. The molecular formula is C12H16BN3O3. The maximum atomic E-state index is 9.09. The highest BCUT2D eigenvalue weighted by molar-refractivity contribution is 6.58. The first-order valence-corrected chi connectivity index (χ1v) is 6.16. The van der Waals surface area contributed by atoms with Crippen molar-refractivity contribution >= 4 is 12.6 Å². The fourth-order valence-corrected chi connectivity index (χ4v) is 1.71. The van der Waals surface area contributed by atoms with Gasteiger partial charge < -0.3 is 14.8 Å². The summed E-state index contributed by atoms with van der Waals surface area (Å²) < 4.78 is 7.38. The summed E-state index contributed by atoms with van der Waals surface area (Å²) >= 11 is 0. The molecule has 0 aliphatic rings. The second-order valence-corrected chi connectivity index (χ2v) is 4.13. The number of hydrogen-bond donors (Lipinski definition) is 2. The van der Waals surface area contributed by atoms with Crippen molar-refractivity contribution in [2.75, 3.05) is 0 Å². The fourth-order valence-electron chi connectivity index (χ4n) is 1.71. The number of aryl methyl sites for hydroxylation is 1. The van der Waals surface area contributed by atoms with Gasteiger partial charge in [0.1, 0.15) is 18.7 Å². The van der Waals surface area contributed by atoms with E-state index in [1.54, 1.807) is 28.9 Å². The van der Waals surface area contributed by atoms with E-state index in [-0.39, 0.29) is 0 Å². The molecule has 0 bridgehead atoms. The van der Waals surface area contributed by atoms with Gasteiger partial charge in [-0.25, -0.2) is 9.67 Å². The van der Waals surface area contributed by atoms with Gasteiger partial charge in [0.2, 0.25) is 0 Å². The summed E-state index contributed by atoms with van der Waals surface area (Å²) in [6.07, 6.45) is 2.48. The third-order valence-electron chi connectivity index (χ3n) is 2.66. The van der Waals surface area contributed by atoms with Gasteiger partial charge >= 0.3 is 7.12 Å². The van der Waals surface area contributed by atoms with Gasteiger partial charge in [0.05, 0.1) is 0 Å². The zero-order valence-electron chi connectivity index (χ0n) is 10.7. The summed E-state index contributed by atoms with van der Waals surface area (Å²) in [5.41, 5.74) is 0.396. The lowest BCUT2D eigenvalue weighted by Gasteiger charge is -2.08. The van der Waals surface area contributed by atoms with Crippen LogP contribution in [0.15, 0.2) is 30.6 Å². The molecule has 0 radical (unpaired) electrons. The van der Waals surface area contributed by atoms with Crippen molar-refractivity contribution in [1.29, 1.82) is 0 Å². The van der Waals surface area contributed by atoms with E-state index in [0.29, 0.717) is 17.8 Å². The zero-order chi connectivity index (χ0) is 13.7. The maximum absolute atomic E-state index is 9.09. The Kier molecular flexibility index (Phi) is 4.54. The van der Waals surface area contributed by atoms with Crippen LogP contribution in [-0.4, -0.2) is 31.9 Å². The number of nitrogens with zero attached hydrogens (tertiary/aromatic N) is 3. The Morgan fingerprint density at radius 3 is 2.95 bits per heavy atom. The maximum Gasteiger partial charge on any atom is 0.488 e. The molecule has 0 fully saturated rings. The van der Waals surface area contributed by atoms with Crippen molar-refractivity contribution < 1.29 is 14.8 Å². The molecule has 2 N–H and O–H groups in total. The molecule has 0 atom stereocenters. The Morgan fingerprint density at radius 1 is 1.37 bits per heavy atom. The Hall–Kier alpha value is -1.86. The van der Waals surface area contributed by atoms with E-state index in [1.807, 2.05) is 0 Å². The molecule has 6 nitrogen and oxygen atoms in total. The summed E-state index contributed by atoms with van der Waals surface area (Å²) in [7, 11) is -1.49. The Labute approximate surface area is 111 Å². The minimum atomic E-state index is -1.49. The van der Waals surface area contributed by atoms with Crippen molar-refractivity contribution in [3.05, 3.63) is 36.4 Å². The van der Waals surface area contributed by atoms with E-state index in [0.717, 1.165) is 18.8 Å². The van der Waals surface area contributed by atoms with Crippen molar-refractivity contribution in [3.8, 4) is 5.75 Å². The molecule has 0 unspecified atom stereocenters. The minimum Gasteiger partial charge on any atom is -0.486 e. The van der Waals surface area contributed by atoms with Crippen LogP contribution in [0.1, 0.15) is 19.2 Å². The molecule has 1 heterocycles. The van der Waals surface area contributed by atoms with Gasteiger partial charge in [-0.3, -0.25) is 0 Å². The van der Waals surface area contributed by atoms with E-state index in [2.05, 4.69) is 17.0 Å². The van der Waals surface area contributed by atoms with Gasteiger partial charge in [-0.2, -0.15) is 5.10 Å². The summed E-state index contributed by atoms with van der Waals surface area (Å²) in [4.78, 5) is 4.14. The van der Waals surface area contributed by atoms with Crippen LogP contribution in [0.25, 0.3) is 0 Å². The number of rotatable bonds is 6. The highest BCUT2D eigenvalue weighted by Gasteiger charge is 2.11. The van der Waals surface area contributed by atoms with E-state index < -0.39 is 7.12 Å². The molecule has 0 aliphatic carbocycles. The molecule has 0 saturated heterocycles.